The molecule has 3 aliphatic rings. The van der Waals surface area contributed by atoms with E-state index in [1.165, 1.54) is 12.1 Å². The average Bonchev–Trinajstić information content (AvgIpc) is 3.19. The van der Waals surface area contributed by atoms with Crippen LogP contribution in [0.4, 0.5) is 19.3 Å². The van der Waals surface area contributed by atoms with Gasteiger partial charge in [0.1, 0.15) is 11.6 Å². The minimum atomic E-state index is -3.00. The van der Waals surface area contributed by atoms with Crippen molar-refractivity contribution in [1.82, 2.24) is 10.2 Å². The van der Waals surface area contributed by atoms with E-state index >= 15 is 0 Å². The number of hydrogen-bond acceptors (Lipinski definition) is 4. The first kappa shape index (κ1) is 24.4. The Morgan fingerprint density at radius 2 is 1.82 bits per heavy atom. The monoisotopic (exact) mass is 490 g/mol. The van der Waals surface area contributed by atoms with Crippen LogP contribution in [0.2, 0.25) is 24.7 Å². The number of para-hydroxylation sites is 2. The molecule has 0 radical (unpaired) electrons. The zero-order valence-electron chi connectivity index (χ0n) is 20.3. The number of carbonyl (C=O) groups excluding carboxylic acids is 2. The summed E-state index contributed by atoms with van der Waals surface area (Å²) in [5.74, 6) is 0.494. The minimum Gasteiger partial charge on any atom is -0.433 e. The number of carbonyl (C=O) groups is 2. The number of alkyl halides is 2. The number of urea groups is 1. The Hall–Kier alpha value is -2.75. The van der Waals surface area contributed by atoms with Crippen molar-refractivity contribution in [3.8, 4) is 5.75 Å². The number of halogens is 2. The molecule has 2 heterocycles. The molecule has 0 bridgehead atoms. The molecule has 34 heavy (non-hydrogen) atoms. The van der Waals surface area contributed by atoms with Crippen LogP contribution >= 0.6 is 0 Å². The number of benzene rings is 1. The normalized spacial score (nSPS) is 20.6. The first-order valence-electron chi connectivity index (χ1n) is 11.6. The molecule has 0 atom stereocenters. The van der Waals surface area contributed by atoms with Crippen molar-refractivity contribution in [2.45, 2.75) is 69.9 Å². The van der Waals surface area contributed by atoms with E-state index in [0.717, 1.165) is 30.4 Å². The Balaban J connectivity index is 1.49. The molecule has 0 unspecified atom stereocenters. The number of ether oxygens (including phenoxy) is 1. The molecular weight excluding hydrogens is 458 g/mol. The SMILES string of the molecule is CC1(C)C2=C(CN1C(=O)Nc1ccccc1OC(F)F)C(NC(=O)C1([Si](C)(C)C)CCC1)=NC2. The van der Waals surface area contributed by atoms with Crippen LogP contribution in [0.15, 0.2) is 40.4 Å². The molecule has 10 heteroatoms. The second-order valence-electron chi connectivity index (χ2n) is 10.7. The molecule has 1 aliphatic carbocycles. The molecule has 1 fully saturated rings. The Bertz CT molecular complexity index is 1070. The van der Waals surface area contributed by atoms with Crippen molar-refractivity contribution in [3.05, 3.63) is 35.4 Å². The van der Waals surface area contributed by atoms with Crippen LogP contribution in [0.1, 0.15) is 33.1 Å². The number of hydrogen-bond donors (Lipinski definition) is 2. The third-order valence-corrected chi connectivity index (χ3v) is 11.3. The van der Waals surface area contributed by atoms with Gasteiger partial charge in [0.25, 0.3) is 0 Å². The number of aliphatic imine (C=N–C) groups is 1. The van der Waals surface area contributed by atoms with Crippen LogP contribution in [0, 0.1) is 0 Å². The number of amides is 3. The fourth-order valence-corrected chi connectivity index (χ4v) is 7.81. The third-order valence-electron chi connectivity index (χ3n) is 7.67. The summed E-state index contributed by atoms with van der Waals surface area (Å²) < 4.78 is 30.0. The molecule has 4 rings (SSSR count). The third kappa shape index (κ3) is 4.01. The second kappa shape index (κ2) is 8.48. The fourth-order valence-electron chi connectivity index (χ4n) is 5.21. The Morgan fingerprint density at radius 1 is 1.15 bits per heavy atom. The summed E-state index contributed by atoms with van der Waals surface area (Å²) in [6.45, 7) is 8.22. The quantitative estimate of drug-likeness (QED) is 0.570. The van der Waals surface area contributed by atoms with E-state index in [1.807, 2.05) is 13.8 Å². The molecule has 1 aromatic rings. The predicted octanol–water partition coefficient (Wildman–Crippen LogP) is 5.00. The van der Waals surface area contributed by atoms with Crippen LogP contribution in [0.25, 0.3) is 0 Å². The van der Waals surface area contributed by atoms with Gasteiger partial charge in [-0.3, -0.25) is 9.79 Å². The Morgan fingerprint density at radius 3 is 2.41 bits per heavy atom. The number of nitrogens with zero attached hydrogens (tertiary/aromatic N) is 2. The van der Waals surface area contributed by atoms with E-state index in [1.54, 1.807) is 17.0 Å². The maximum atomic E-state index is 13.3. The van der Waals surface area contributed by atoms with Gasteiger partial charge in [0.2, 0.25) is 5.91 Å². The topological polar surface area (TPSA) is 83.0 Å². The van der Waals surface area contributed by atoms with Crippen molar-refractivity contribution < 1.29 is 23.1 Å². The Kier molecular flexibility index (Phi) is 6.08. The predicted molar refractivity (Wildman–Crippen MR) is 130 cm³/mol. The van der Waals surface area contributed by atoms with Crippen LogP contribution < -0.4 is 15.4 Å². The minimum absolute atomic E-state index is 0.0456. The van der Waals surface area contributed by atoms with E-state index < -0.39 is 26.3 Å². The van der Waals surface area contributed by atoms with E-state index in [2.05, 4.69) is 40.0 Å². The molecule has 0 saturated heterocycles. The molecule has 0 spiro atoms. The molecule has 184 valence electrons. The summed E-state index contributed by atoms with van der Waals surface area (Å²) in [6.07, 6.45) is 2.89. The van der Waals surface area contributed by atoms with Gasteiger partial charge < -0.3 is 20.3 Å². The number of nitrogens with one attached hydrogen (secondary N) is 2. The van der Waals surface area contributed by atoms with Crippen LogP contribution in [-0.2, 0) is 4.79 Å². The van der Waals surface area contributed by atoms with Crippen molar-refractivity contribution >= 4 is 31.5 Å². The highest BCUT2D eigenvalue weighted by molar-refractivity contribution is 6.82. The lowest BCUT2D eigenvalue weighted by molar-refractivity contribution is -0.125. The van der Waals surface area contributed by atoms with Crippen molar-refractivity contribution in [2.75, 3.05) is 18.4 Å². The standard InChI is InChI=1S/C24H32F2N4O3Si/c1-23(2)16-13-27-19(29-20(31)24(11-8-12-24)34(3,4)5)15(16)14-30(23)22(32)28-17-9-6-7-10-18(17)33-21(25)26/h6-7,9-10,21H,8,11-14H2,1-5H3,(H,28,32)(H,27,29,31). The van der Waals surface area contributed by atoms with E-state index in [9.17, 15) is 18.4 Å². The number of anilines is 1. The lowest BCUT2D eigenvalue weighted by Gasteiger charge is -2.49. The fraction of sp³-hybridized carbons (Fsp3) is 0.542. The molecule has 1 saturated carbocycles. The van der Waals surface area contributed by atoms with Gasteiger partial charge in [-0.2, -0.15) is 8.78 Å². The lowest BCUT2D eigenvalue weighted by atomic mass is 9.83. The van der Waals surface area contributed by atoms with Gasteiger partial charge in [0, 0.05) is 10.6 Å². The molecule has 3 amide bonds. The molecular formula is C24H32F2N4O3Si. The maximum absolute atomic E-state index is 13.3. The van der Waals surface area contributed by atoms with Crippen LogP contribution in [0.5, 0.6) is 5.75 Å². The van der Waals surface area contributed by atoms with Gasteiger partial charge >= 0.3 is 12.6 Å². The summed E-state index contributed by atoms with van der Waals surface area (Å²) in [7, 11) is -1.74. The summed E-state index contributed by atoms with van der Waals surface area (Å²) in [5, 5.41) is 5.53. The zero-order valence-corrected chi connectivity index (χ0v) is 21.3. The van der Waals surface area contributed by atoms with Gasteiger partial charge in [0.05, 0.1) is 32.4 Å². The van der Waals surface area contributed by atoms with E-state index in [0.29, 0.717) is 12.4 Å². The largest absolute Gasteiger partial charge is 0.433 e. The van der Waals surface area contributed by atoms with Crippen molar-refractivity contribution in [1.29, 1.82) is 0 Å². The Labute approximate surface area is 199 Å². The van der Waals surface area contributed by atoms with Gasteiger partial charge in [0.15, 0.2) is 0 Å². The molecule has 0 aromatic heterocycles. The summed E-state index contributed by atoms with van der Waals surface area (Å²) >= 11 is 0. The van der Waals surface area contributed by atoms with Gasteiger partial charge in [-0.1, -0.05) is 38.2 Å². The van der Waals surface area contributed by atoms with E-state index in [-0.39, 0.29) is 28.9 Å². The first-order chi connectivity index (χ1) is 15.9. The van der Waals surface area contributed by atoms with Gasteiger partial charge in [-0.15, -0.1) is 0 Å². The number of rotatable bonds is 5. The van der Waals surface area contributed by atoms with Crippen LogP contribution in [0.3, 0.4) is 0 Å². The molecule has 2 N–H and O–H groups in total. The zero-order chi connectivity index (χ0) is 24.9. The summed E-state index contributed by atoms with van der Waals surface area (Å²) in [5.41, 5.74) is 1.35. The van der Waals surface area contributed by atoms with E-state index in [4.69, 9.17) is 0 Å². The van der Waals surface area contributed by atoms with Gasteiger partial charge in [-0.25, -0.2) is 4.79 Å². The van der Waals surface area contributed by atoms with Crippen molar-refractivity contribution in [3.63, 3.8) is 0 Å². The molecule has 7 nitrogen and oxygen atoms in total. The first-order valence-corrected chi connectivity index (χ1v) is 15.1. The maximum Gasteiger partial charge on any atom is 0.387 e. The molecule has 1 aromatic carbocycles. The highest BCUT2D eigenvalue weighted by Crippen LogP contribution is 2.55. The summed E-state index contributed by atoms with van der Waals surface area (Å²) in [6, 6.07) is 5.65. The van der Waals surface area contributed by atoms with Crippen molar-refractivity contribution in [2.24, 2.45) is 4.99 Å². The smallest absolute Gasteiger partial charge is 0.387 e. The number of amidine groups is 1. The molecule has 2 aliphatic heterocycles. The highest BCUT2D eigenvalue weighted by atomic mass is 28.3. The lowest BCUT2D eigenvalue weighted by Crippen LogP contribution is -2.55. The van der Waals surface area contributed by atoms with Gasteiger partial charge in [-0.05, 0) is 44.4 Å². The highest BCUT2D eigenvalue weighted by Gasteiger charge is 2.54. The average molecular weight is 491 g/mol. The summed E-state index contributed by atoms with van der Waals surface area (Å²) in [4.78, 5) is 32.8. The second-order valence-corrected chi connectivity index (χ2v) is 16.2. The van der Waals surface area contributed by atoms with Crippen LogP contribution in [-0.4, -0.2) is 56.0 Å².